The van der Waals surface area contributed by atoms with Gasteiger partial charge in [-0.2, -0.15) is 0 Å². The third kappa shape index (κ3) is 2.36. The first-order valence-electron chi connectivity index (χ1n) is 6.86. The summed E-state index contributed by atoms with van der Waals surface area (Å²) in [7, 11) is 0. The summed E-state index contributed by atoms with van der Waals surface area (Å²) in [4.78, 5) is 2.79. The molecule has 0 amide bonds. The molecule has 88 valence electrons. The highest BCUT2D eigenvalue weighted by molar-refractivity contribution is 4.94. The Balaban J connectivity index is 1.97. The quantitative estimate of drug-likeness (QED) is 0.766. The smallest absolute Gasteiger partial charge is 0.0252 e. The van der Waals surface area contributed by atoms with Gasteiger partial charge in [0.15, 0.2) is 0 Å². The standard InChI is InChI=1S/C13H26N2/c1-3-11(4-2)15-10-6-8-13(15)12-7-5-9-14-12/h11-14H,3-10H2,1-2H3. The van der Waals surface area contributed by atoms with Crippen molar-refractivity contribution >= 4 is 0 Å². The van der Waals surface area contributed by atoms with Gasteiger partial charge in [-0.05, 0) is 51.6 Å². The van der Waals surface area contributed by atoms with E-state index in [0.29, 0.717) is 0 Å². The van der Waals surface area contributed by atoms with Crippen LogP contribution in [0.25, 0.3) is 0 Å². The molecule has 15 heavy (non-hydrogen) atoms. The van der Waals surface area contributed by atoms with Crippen LogP contribution in [0.15, 0.2) is 0 Å². The molecule has 0 spiro atoms. The maximum atomic E-state index is 3.69. The van der Waals surface area contributed by atoms with Gasteiger partial charge in [-0.25, -0.2) is 0 Å². The Hall–Kier alpha value is -0.0800. The van der Waals surface area contributed by atoms with Crippen LogP contribution in [0.4, 0.5) is 0 Å². The lowest BCUT2D eigenvalue weighted by Gasteiger charge is -2.35. The van der Waals surface area contributed by atoms with E-state index in [4.69, 9.17) is 0 Å². The number of likely N-dealkylation sites (tertiary alicyclic amines) is 1. The first-order valence-corrected chi connectivity index (χ1v) is 6.86. The van der Waals surface area contributed by atoms with E-state index in [1.165, 1.54) is 51.6 Å². The molecule has 2 rings (SSSR count). The molecular weight excluding hydrogens is 184 g/mol. The zero-order valence-corrected chi connectivity index (χ0v) is 10.3. The van der Waals surface area contributed by atoms with Crippen LogP contribution >= 0.6 is 0 Å². The zero-order valence-electron chi connectivity index (χ0n) is 10.3. The molecule has 0 aromatic heterocycles. The molecule has 2 unspecified atom stereocenters. The van der Waals surface area contributed by atoms with Crippen molar-refractivity contribution in [2.24, 2.45) is 0 Å². The molecule has 0 saturated carbocycles. The van der Waals surface area contributed by atoms with E-state index >= 15 is 0 Å². The van der Waals surface area contributed by atoms with Crippen molar-refractivity contribution in [3.63, 3.8) is 0 Å². The zero-order chi connectivity index (χ0) is 10.7. The van der Waals surface area contributed by atoms with Gasteiger partial charge in [0.2, 0.25) is 0 Å². The summed E-state index contributed by atoms with van der Waals surface area (Å²) in [5.41, 5.74) is 0. The molecule has 2 atom stereocenters. The molecule has 2 aliphatic rings. The van der Waals surface area contributed by atoms with Gasteiger partial charge in [0.25, 0.3) is 0 Å². The second-order valence-corrected chi connectivity index (χ2v) is 5.12. The normalized spacial score (nSPS) is 33.0. The number of nitrogens with zero attached hydrogens (tertiary/aromatic N) is 1. The molecule has 1 N–H and O–H groups in total. The third-order valence-corrected chi connectivity index (χ3v) is 4.32. The monoisotopic (exact) mass is 210 g/mol. The van der Waals surface area contributed by atoms with Crippen LogP contribution in [0.1, 0.15) is 52.4 Å². The van der Waals surface area contributed by atoms with Crippen molar-refractivity contribution in [1.29, 1.82) is 0 Å². The highest BCUT2D eigenvalue weighted by Crippen LogP contribution is 2.28. The fourth-order valence-electron chi connectivity index (χ4n) is 3.50. The topological polar surface area (TPSA) is 15.3 Å². The van der Waals surface area contributed by atoms with E-state index < -0.39 is 0 Å². The largest absolute Gasteiger partial charge is 0.312 e. The Morgan fingerprint density at radius 2 is 2.00 bits per heavy atom. The van der Waals surface area contributed by atoms with Crippen molar-refractivity contribution in [2.75, 3.05) is 13.1 Å². The van der Waals surface area contributed by atoms with Crippen molar-refractivity contribution in [3.8, 4) is 0 Å². The van der Waals surface area contributed by atoms with Crippen molar-refractivity contribution in [2.45, 2.75) is 70.5 Å². The number of hydrogen-bond acceptors (Lipinski definition) is 2. The first-order chi connectivity index (χ1) is 7.36. The molecule has 0 aliphatic carbocycles. The van der Waals surface area contributed by atoms with Gasteiger partial charge < -0.3 is 5.32 Å². The SMILES string of the molecule is CCC(CC)N1CCCC1C1CCCN1. The highest BCUT2D eigenvalue weighted by Gasteiger charge is 2.35. The Morgan fingerprint density at radius 3 is 2.60 bits per heavy atom. The van der Waals surface area contributed by atoms with Gasteiger partial charge in [-0.1, -0.05) is 13.8 Å². The van der Waals surface area contributed by atoms with Crippen LogP contribution in [0, 0.1) is 0 Å². The van der Waals surface area contributed by atoms with E-state index in [0.717, 1.165) is 18.1 Å². The van der Waals surface area contributed by atoms with Crippen LogP contribution in [-0.2, 0) is 0 Å². The van der Waals surface area contributed by atoms with E-state index in [9.17, 15) is 0 Å². The molecule has 2 nitrogen and oxygen atoms in total. The summed E-state index contributed by atoms with van der Waals surface area (Å²) in [5.74, 6) is 0. The van der Waals surface area contributed by atoms with Crippen molar-refractivity contribution in [3.05, 3.63) is 0 Å². The van der Waals surface area contributed by atoms with Crippen molar-refractivity contribution < 1.29 is 0 Å². The maximum Gasteiger partial charge on any atom is 0.0252 e. The van der Waals surface area contributed by atoms with E-state index in [1.54, 1.807) is 0 Å². The summed E-state index contributed by atoms with van der Waals surface area (Å²) < 4.78 is 0. The van der Waals surface area contributed by atoms with Gasteiger partial charge in [-0.15, -0.1) is 0 Å². The lowest BCUT2D eigenvalue weighted by atomic mass is 10.0. The van der Waals surface area contributed by atoms with Crippen molar-refractivity contribution in [1.82, 2.24) is 10.2 Å². The second-order valence-electron chi connectivity index (χ2n) is 5.12. The molecule has 2 heterocycles. The predicted molar refractivity (Wildman–Crippen MR) is 65.1 cm³/mol. The Bertz CT molecular complexity index is 175. The summed E-state index contributed by atoms with van der Waals surface area (Å²) in [6.07, 6.45) is 8.27. The van der Waals surface area contributed by atoms with E-state index in [2.05, 4.69) is 24.1 Å². The predicted octanol–water partition coefficient (Wildman–Crippen LogP) is 2.39. The van der Waals surface area contributed by atoms with Crippen LogP contribution in [0.2, 0.25) is 0 Å². The maximum absolute atomic E-state index is 3.69. The fourth-order valence-corrected chi connectivity index (χ4v) is 3.50. The average Bonchev–Trinajstić information content (AvgIpc) is 2.88. The van der Waals surface area contributed by atoms with Gasteiger partial charge >= 0.3 is 0 Å². The number of hydrogen-bond donors (Lipinski definition) is 1. The minimum Gasteiger partial charge on any atom is -0.312 e. The van der Waals surface area contributed by atoms with Gasteiger partial charge in [0.1, 0.15) is 0 Å². The molecule has 0 bridgehead atoms. The molecule has 2 fully saturated rings. The van der Waals surface area contributed by atoms with Gasteiger partial charge in [0, 0.05) is 18.1 Å². The van der Waals surface area contributed by atoms with Gasteiger partial charge in [-0.3, -0.25) is 4.90 Å². The minimum absolute atomic E-state index is 0.799. The second kappa shape index (κ2) is 5.31. The molecule has 2 heteroatoms. The molecule has 0 aromatic carbocycles. The average molecular weight is 210 g/mol. The van der Waals surface area contributed by atoms with E-state index in [1.807, 2.05) is 0 Å². The van der Waals surface area contributed by atoms with Gasteiger partial charge in [0.05, 0.1) is 0 Å². The Kier molecular flexibility index (Phi) is 4.04. The Labute approximate surface area is 94.4 Å². The molecule has 2 saturated heterocycles. The summed E-state index contributed by atoms with van der Waals surface area (Å²) in [6.45, 7) is 7.27. The summed E-state index contributed by atoms with van der Waals surface area (Å²) in [5, 5.41) is 3.69. The summed E-state index contributed by atoms with van der Waals surface area (Å²) >= 11 is 0. The molecule has 0 radical (unpaired) electrons. The minimum atomic E-state index is 0.799. The third-order valence-electron chi connectivity index (χ3n) is 4.32. The van der Waals surface area contributed by atoms with Crippen LogP contribution in [0.3, 0.4) is 0 Å². The lowest BCUT2D eigenvalue weighted by molar-refractivity contribution is 0.145. The summed E-state index contributed by atoms with van der Waals surface area (Å²) in [6, 6.07) is 2.48. The highest BCUT2D eigenvalue weighted by atomic mass is 15.2. The first kappa shape index (κ1) is 11.4. The Morgan fingerprint density at radius 1 is 1.20 bits per heavy atom. The number of nitrogens with one attached hydrogen (secondary N) is 1. The number of rotatable bonds is 4. The lowest BCUT2D eigenvalue weighted by Crippen LogP contribution is -2.48. The van der Waals surface area contributed by atoms with Crippen LogP contribution in [-0.4, -0.2) is 36.1 Å². The molecule has 2 aliphatic heterocycles. The van der Waals surface area contributed by atoms with Crippen LogP contribution in [0.5, 0.6) is 0 Å². The fraction of sp³-hybridized carbons (Fsp3) is 1.00. The van der Waals surface area contributed by atoms with Crippen LogP contribution < -0.4 is 5.32 Å². The molecular formula is C13H26N2. The van der Waals surface area contributed by atoms with E-state index in [-0.39, 0.29) is 0 Å². The molecule has 0 aromatic rings.